The van der Waals surface area contributed by atoms with Crippen molar-refractivity contribution in [2.24, 2.45) is 14.1 Å². The summed E-state index contributed by atoms with van der Waals surface area (Å²) in [5.41, 5.74) is -0.140. The van der Waals surface area contributed by atoms with Gasteiger partial charge < -0.3 is 9.88 Å². The highest BCUT2D eigenvalue weighted by Crippen LogP contribution is 2.15. The SMILES string of the molecule is CCCN(CC(=O)Nc1ccccc1C)S(=O)(=O)c1cn(C)c(=O)n(C)c1=O. The lowest BCUT2D eigenvalue weighted by Gasteiger charge is -2.21. The zero-order chi connectivity index (χ0) is 21.1. The topological polar surface area (TPSA) is 110 Å². The molecule has 0 spiro atoms. The van der Waals surface area contributed by atoms with Gasteiger partial charge in [-0.15, -0.1) is 0 Å². The molecule has 152 valence electrons. The Morgan fingerprint density at radius 2 is 1.82 bits per heavy atom. The van der Waals surface area contributed by atoms with Gasteiger partial charge in [-0.3, -0.25) is 14.2 Å². The number of sulfonamides is 1. The molecular weight excluding hydrogens is 384 g/mol. The van der Waals surface area contributed by atoms with Gasteiger partial charge in [-0.2, -0.15) is 4.31 Å². The number of nitrogens with one attached hydrogen (secondary N) is 1. The predicted octanol–water partition coefficient (Wildman–Crippen LogP) is 0.432. The van der Waals surface area contributed by atoms with Crippen LogP contribution in [-0.4, -0.2) is 40.9 Å². The summed E-state index contributed by atoms with van der Waals surface area (Å²) in [6.45, 7) is 3.19. The van der Waals surface area contributed by atoms with Gasteiger partial charge in [0.25, 0.3) is 15.6 Å². The van der Waals surface area contributed by atoms with Crippen molar-refractivity contribution >= 4 is 21.6 Å². The molecule has 0 aliphatic carbocycles. The molecule has 0 atom stereocenters. The van der Waals surface area contributed by atoms with Crippen LogP contribution in [0, 0.1) is 6.92 Å². The fraction of sp³-hybridized carbons (Fsp3) is 0.389. The number of aromatic nitrogens is 2. The van der Waals surface area contributed by atoms with Crippen LogP contribution in [0.25, 0.3) is 0 Å². The van der Waals surface area contributed by atoms with Gasteiger partial charge in [0.2, 0.25) is 5.91 Å². The summed E-state index contributed by atoms with van der Waals surface area (Å²) in [6, 6.07) is 7.13. The third kappa shape index (κ3) is 4.39. The van der Waals surface area contributed by atoms with E-state index in [9.17, 15) is 22.8 Å². The molecule has 28 heavy (non-hydrogen) atoms. The summed E-state index contributed by atoms with van der Waals surface area (Å²) in [5, 5.41) is 2.69. The molecule has 0 saturated carbocycles. The third-order valence-electron chi connectivity index (χ3n) is 4.24. The first-order valence-corrected chi connectivity index (χ1v) is 10.2. The Labute approximate surface area is 163 Å². The van der Waals surface area contributed by atoms with Gasteiger partial charge >= 0.3 is 5.69 Å². The molecule has 0 aliphatic rings. The molecule has 1 aromatic heterocycles. The highest BCUT2D eigenvalue weighted by Gasteiger charge is 2.30. The molecule has 1 aromatic carbocycles. The van der Waals surface area contributed by atoms with Crippen molar-refractivity contribution in [2.75, 3.05) is 18.4 Å². The van der Waals surface area contributed by atoms with E-state index in [0.29, 0.717) is 12.1 Å². The van der Waals surface area contributed by atoms with Crippen molar-refractivity contribution in [2.45, 2.75) is 25.2 Å². The number of amides is 1. The van der Waals surface area contributed by atoms with Crippen LogP contribution in [0.15, 0.2) is 44.9 Å². The van der Waals surface area contributed by atoms with E-state index in [4.69, 9.17) is 0 Å². The molecule has 0 bridgehead atoms. The van der Waals surface area contributed by atoms with E-state index in [2.05, 4.69) is 5.32 Å². The molecule has 2 aromatic rings. The lowest BCUT2D eigenvalue weighted by atomic mass is 10.2. The fourth-order valence-electron chi connectivity index (χ4n) is 2.69. The zero-order valence-corrected chi connectivity index (χ0v) is 17.1. The van der Waals surface area contributed by atoms with Crippen molar-refractivity contribution in [3.8, 4) is 0 Å². The summed E-state index contributed by atoms with van der Waals surface area (Å²) in [4.78, 5) is 36.1. The van der Waals surface area contributed by atoms with Crippen LogP contribution in [0.3, 0.4) is 0 Å². The van der Waals surface area contributed by atoms with E-state index in [-0.39, 0.29) is 6.54 Å². The Morgan fingerprint density at radius 3 is 2.43 bits per heavy atom. The van der Waals surface area contributed by atoms with Crippen molar-refractivity contribution in [3.05, 3.63) is 56.9 Å². The van der Waals surface area contributed by atoms with Gasteiger partial charge in [0.05, 0.1) is 6.54 Å². The first kappa shape index (κ1) is 21.6. The molecule has 1 N–H and O–H groups in total. The van der Waals surface area contributed by atoms with E-state index >= 15 is 0 Å². The second kappa shape index (κ2) is 8.53. The maximum atomic E-state index is 13.0. The first-order chi connectivity index (χ1) is 13.1. The van der Waals surface area contributed by atoms with E-state index in [1.807, 2.05) is 19.1 Å². The smallest absolute Gasteiger partial charge is 0.325 e. The van der Waals surface area contributed by atoms with Crippen molar-refractivity contribution in [1.29, 1.82) is 0 Å². The summed E-state index contributed by atoms with van der Waals surface area (Å²) in [6.07, 6.45) is 1.44. The van der Waals surface area contributed by atoms with Gasteiger partial charge in [0.15, 0.2) is 4.90 Å². The van der Waals surface area contributed by atoms with Crippen LogP contribution in [-0.2, 0) is 28.9 Å². The number of hydrogen-bond acceptors (Lipinski definition) is 5. The van der Waals surface area contributed by atoms with E-state index in [1.54, 1.807) is 19.1 Å². The van der Waals surface area contributed by atoms with Gasteiger partial charge in [-0.1, -0.05) is 25.1 Å². The second-order valence-electron chi connectivity index (χ2n) is 6.45. The Balaban J connectivity index is 2.37. The minimum absolute atomic E-state index is 0.0511. The maximum absolute atomic E-state index is 13.0. The molecule has 0 fully saturated rings. The Hall–Kier alpha value is -2.72. The number of anilines is 1. The van der Waals surface area contributed by atoms with Crippen LogP contribution in [0.4, 0.5) is 5.69 Å². The maximum Gasteiger partial charge on any atom is 0.330 e. The van der Waals surface area contributed by atoms with E-state index in [0.717, 1.165) is 25.2 Å². The number of nitrogens with zero attached hydrogens (tertiary/aromatic N) is 3. The summed E-state index contributed by atoms with van der Waals surface area (Å²) < 4.78 is 28.8. The minimum atomic E-state index is -4.27. The van der Waals surface area contributed by atoms with Crippen LogP contribution >= 0.6 is 0 Å². The van der Waals surface area contributed by atoms with Crippen molar-refractivity contribution in [1.82, 2.24) is 13.4 Å². The lowest BCUT2D eigenvalue weighted by Crippen LogP contribution is -2.44. The van der Waals surface area contributed by atoms with Gasteiger partial charge in [-0.25, -0.2) is 13.2 Å². The number of benzene rings is 1. The van der Waals surface area contributed by atoms with Gasteiger partial charge in [0, 0.05) is 32.5 Å². The van der Waals surface area contributed by atoms with Crippen molar-refractivity contribution in [3.63, 3.8) is 0 Å². The second-order valence-corrected chi connectivity index (χ2v) is 8.36. The average Bonchev–Trinajstić information content (AvgIpc) is 2.64. The molecule has 2 rings (SSSR count). The molecule has 1 amide bonds. The van der Waals surface area contributed by atoms with Crippen LogP contribution in [0.5, 0.6) is 0 Å². The highest BCUT2D eigenvalue weighted by molar-refractivity contribution is 7.89. The third-order valence-corrected chi connectivity index (χ3v) is 6.07. The number of aryl methyl sites for hydroxylation is 2. The van der Waals surface area contributed by atoms with E-state index < -0.39 is 38.6 Å². The molecule has 0 saturated heterocycles. The number of carbonyl (C=O) groups is 1. The van der Waals surface area contributed by atoms with E-state index in [1.165, 1.54) is 14.1 Å². The Bertz CT molecular complexity index is 1100. The molecule has 0 radical (unpaired) electrons. The summed E-state index contributed by atoms with van der Waals surface area (Å²) in [7, 11) is -1.71. The fourth-order valence-corrected chi connectivity index (χ4v) is 4.33. The molecule has 10 heteroatoms. The van der Waals surface area contributed by atoms with Gasteiger partial charge in [0.1, 0.15) is 0 Å². The number of carbonyl (C=O) groups excluding carboxylic acids is 1. The molecule has 0 unspecified atom stereocenters. The van der Waals surface area contributed by atoms with Crippen LogP contribution in [0.2, 0.25) is 0 Å². The molecular formula is C18H24N4O5S. The standard InChI is InChI=1S/C18H24N4O5S/c1-5-10-22(12-16(23)19-14-9-7-6-8-13(14)2)28(26,27)15-11-20(3)18(25)21(4)17(15)24/h6-9,11H,5,10,12H2,1-4H3,(H,19,23). The molecule has 0 aliphatic heterocycles. The highest BCUT2D eigenvalue weighted by atomic mass is 32.2. The minimum Gasteiger partial charge on any atom is -0.325 e. The average molecular weight is 408 g/mol. The van der Waals surface area contributed by atoms with Gasteiger partial charge in [-0.05, 0) is 25.0 Å². The monoisotopic (exact) mass is 408 g/mol. The lowest BCUT2D eigenvalue weighted by molar-refractivity contribution is -0.116. The van der Waals surface area contributed by atoms with Crippen LogP contribution in [0.1, 0.15) is 18.9 Å². The summed E-state index contributed by atoms with van der Waals surface area (Å²) in [5.74, 6) is -0.520. The van der Waals surface area contributed by atoms with Crippen LogP contribution < -0.4 is 16.6 Å². The quantitative estimate of drug-likeness (QED) is 0.714. The number of para-hydroxylation sites is 1. The first-order valence-electron chi connectivity index (χ1n) is 8.71. The number of rotatable bonds is 7. The summed E-state index contributed by atoms with van der Waals surface area (Å²) >= 11 is 0. The Morgan fingerprint density at radius 1 is 1.18 bits per heavy atom. The number of hydrogen-bond donors (Lipinski definition) is 1. The zero-order valence-electron chi connectivity index (χ0n) is 16.3. The largest absolute Gasteiger partial charge is 0.330 e. The normalized spacial score (nSPS) is 11.6. The Kier molecular flexibility index (Phi) is 6.57. The predicted molar refractivity (Wildman–Crippen MR) is 106 cm³/mol. The molecule has 9 nitrogen and oxygen atoms in total. The van der Waals surface area contributed by atoms with Crippen molar-refractivity contribution < 1.29 is 13.2 Å². The molecule has 1 heterocycles.